The molecular weight excluding hydrogens is 276 g/mol. The molecule has 0 bridgehead atoms. The highest BCUT2D eigenvalue weighted by molar-refractivity contribution is 5.97. The summed E-state index contributed by atoms with van der Waals surface area (Å²) in [6, 6.07) is 13.3. The Kier molecular flexibility index (Phi) is 3.92. The van der Waals surface area contributed by atoms with Crippen molar-refractivity contribution < 1.29 is 9.21 Å². The van der Waals surface area contributed by atoms with Crippen molar-refractivity contribution in [1.82, 2.24) is 10.3 Å². The van der Waals surface area contributed by atoms with Gasteiger partial charge in [-0.3, -0.25) is 4.79 Å². The standard InChI is InChI=1S/C18H18N2O2/c1-3-10-19-17(21)14-8-9-16-15(11-14)20-18(22-16)13-6-4-12(2)5-7-13/h4-9,11H,3,10H2,1-2H3,(H,19,21). The fraction of sp³-hybridized carbons (Fsp3) is 0.222. The van der Waals surface area contributed by atoms with Crippen LogP contribution in [0.25, 0.3) is 22.6 Å². The number of hydrogen-bond donors (Lipinski definition) is 1. The second-order valence-corrected chi connectivity index (χ2v) is 5.32. The molecule has 0 unspecified atom stereocenters. The van der Waals surface area contributed by atoms with Crippen LogP contribution in [0.5, 0.6) is 0 Å². The minimum Gasteiger partial charge on any atom is -0.436 e. The zero-order valence-electron chi connectivity index (χ0n) is 12.7. The van der Waals surface area contributed by atoms with Gasteiger partial charge in [0.05, 0.1) is 0 Å². The molecule has 0 atom stereocenters. The summed E-state index contributed by atoms with van der Waals surface area (Å²) in [5, 5.41) is 2.86. The van der Waals surface area contributed by atoms with Crippen LogP contribution in [-0.2, 0) is 0 Å². The fourth-order valence-electron chi connectivity index (χ4n) is 2.23. The van der Waals surface area contributed by atoms with Gasteiger partial charge in [0.2, 0.25) is 5.89 Å². The molecule has 0 aliphatic heterocycles. The Morgan fingerprint density at radius 1 is 1.18 bits per heavy atom. The molecule has 4 nitrogen and oxygen atoms in total. The molecule has 0 saturated heterocycles. The van der Waals surface area contributed by atoms with E-state index in [1.807, 2.05) is 38.1 Å². The quantitative estimate of drug-likeness (QED) is 0.793. The second kappa shape index (κ2) is 6.02. The van der Waals surface area contributed by atoms with Gasteiger partial charge in [-0.05, 0) is 43.7 Å². The van der Waals surface area contributed by atoms with E-state index in [-0.39, 0.29) is 5.91 Å². The number of hydrogen-bond acceptors (Lipinski definition) is 3. The highest BCUT2D eigenvalue weighted by atomic mass is 16.3. The molecular formula is C18H18N2O2. The summed E-state index contributed by atoms with van der Waals surface area (Å²) in [6.45, 7) is 4.73. The van der Waals surface area contributed by atoms with Gasteiger partial charge in [-0.25, -0.2) is 4.98 Å². The minimum absolute atomic E-state index is 0.0800. The summed E-state index contributed by atoms with van der Waals surface area (Å²) in [4.78, 5) is 16.5. The van der Waals surface area contributed by atoms with Crippen molar-refractivity contribution in [3.8, 4) is 11.5 Å². The van der Waals surface area contributed by atoms with Crippen molar-refractivity contribution >= 4 is 17.0 Å². The van der Waals surface area contributed by atoms with Crippen molar-refractivity contribution in [2.45, 2.75) is 20.3 Å². The number of aryl methyl sites for hydroxylation is 1. The molecule has 1 amide bonds. The zero-order valence-corrected chi connectivity index (χ0v) is 12.7. The predicted octanol–water partition coefficient (Wildman–Crippen LogP) is 3.94. The Balaban J connectivity index is 1.93. The lowest BCUT2D eigenvalue weighted by Gasteiger charge is -2.02. The third kappa shape index (κ3) is 2.86. The number of nitrogens with zero attached hydrogens (tertiary/aromatic N) is 1. The Morgan fingerprint density at radius 2 is 1.95 bits per heavy atom. The first-order valence-corrected chi connectivity index (χ1v) is 7.43. The Labute approximate surface area is 129 Å². The van der Waals surface area contributed by atoms with E-state index < -0.39 is 0 Å². The maximum absolute atomic E-state index is 12.0. The van der Waals surface area contributed by atoms with Crippen LogP contribution in [0.4, 0.5) is 0 Å². The summed E-state index contributed by atoms with van der Waals surface area (Å²) >= 11 is 0. The topological polar surface area (TPSA) is 55.1 Å². The molecule has 1 N–H and O–H groups in total. The molecule has 3 rings (SSSR count). The van der Waals surface area contributed by atoms with Crippen LogP contribution in [0, 0.1) is 6.92 Å². The monoisotopic (exact) mass is 294 g/mol. The molecule has 0 radical (unpaired) electrons. The number of oxazole rings is 1. The molecule has 1 heterocycles. The van der Waals surface area contributed by atoms with Crippen molar-refractivity contribution in [2.24, 2.45) is 0 Å². The first-order valence-electron chi connectivity index (χ1n) is 7.43. The summed E-state index contributed by atoms with van der Waals surface area (Å²) in [5.41, 5.74) is 4.10. The van der Waals surface area contributed by atoms with Crippen LogP contribution in [0.2, 0.25) is 0 Å². The van der Waals surface area contributed by atoms with E-state index in [2.05, 4.69) is 10.3 Å². The normalized spacial score (nSPS) is 10.8. The SMILES string of the molecule is CCCNC(=O)c1ccc2oc(-c3ccc(C)cc3)nc2c1. The lowest BCUT2D eigenvalue weighted by atomic mass is 10.1. The third-order valence-corrected chi connectivity index (χ3v) is 3.48. The summed E-state index contributed by atoms with van der Waals surface area (Å²) in [6.07, 6.45) is 0.912. The first kappa shape index (κ1) is 14.3. The fourth-order valence-corrected chi connectivity index (χ4v) is 2.23. The number of rotatable bonds is 4. The molecule has 1 aromatic heterocycles. The smallest absolute Gasteiger partial charge is 0.251 e. The number of amides is 1. The average Bonchev–Trinajstić information content (AvgIpc) is 2.96. The van der Waals surface area contributed by atoms with Gasteiger partial charge in [0, 0.05) is 17.7 Å². The average molecular weight is 294 g/mol. The Hall–Kier alpha value is -2.62. The van der Waals surface area contributed by atoms with E-state index in [9.17, 15) is 4.79 Å². The third-order valence-electron chi connectivity index (χ3n) is 3.48. The van der Waals surface area contributed by atoms with Gasteiger partial charge < -0.3 is 9.73 Å². The van der Waals surface area contributed by atoms with Crippen molar-refractivity contribution in [3.63, 3.8) is 0 Å². The molecule has 0 fully saturated rings. The van der Waals surface area contributed by atoms with Gasteiger partial charge in [-0.15, -0.1) is 0 Å². The Bertz CT molecular complexity index is 804. The number of fused-ring (bicyclic) bond motifs is 1. The highest BCUT2D eigenvalue weighted by Crippen LogP contribution is 2.25. The van der Waals surface area contributed by atoms with Crippen LogP contribution in [0.3, 0.4) is 0 Å². The molecule has 22 heavy (non-hydrogen) atoms. The molecule has 112 valence electrons. The lowest BCUT2D eigenvalue weighted by Crippen LogP contribution is -2.23. The van der Waals surface area contributed by atoms with Crippen molar-refractivity contribution in [3.05, 3.63) is 53.6 Å². The molecule has 4 heteroatoms. The second-order valence-electron chi connectivity index (χ2n) is 5.32. The van der Waals surface area contributed by atoms with E-state index >= 15 is 0 Å². The minimum atomic E-state index is -0.0800. The predicted molar refractivity (Wildman–Crippen MR) is 86.8 cm³/mol. The number of aromatic nitrogens is 1. The van der Waals surface area contributed by atoms with E-state index in [1.54, 1.807) is 18.2 Å². The number of benzene rings is 2. The lowest BCUT2D eigenvalue weighted by molar-refractivity contribution is 0.0954. The first-order chi connectivity index (χ1) is 10.7. The van der Waals surface area contributed by atoms with Gasteiger partial charge in [0.15, 0.2) is 5.58 Å². The van der Waals surface area contributed by atoms with Gasteiger partial charge in [-0.2, -0.15) is 0 Å². The van der Waals surface area contributed by atoms with Crippen LogP contribution in [-0.4, -0.2) is 17.4 Å². The number of carbonyl (C=O) groups is 1. The maximum Gasteiger partial charge on any atom is 0.251 e. The van der Waals surface area contributed by atoms with Crippen molar-refractivity contribution in [1.29, 1.82) is 0 Å². The van der Waals surface area contributed by atoms with Crippen LogP contribution < -0.4 is 5.32 Å². The van der Waals surface area contributed by atoms with Gasteiger partial charge in [0.25, 0.3) is 5.91 Å². The molecule has 3 aromatic rings. The molecule has 0 aliphatic rings. The molecule has 0 saturated carbocycles. The van der Waals surface area contributed by atoms with E-state index in [0.717, 1.165) is 12.0 Å². The summed E-state index contributed by atoms with van der Waals surface area (Å²) < 4.78 is 5.77. The van der Waals surface area contributed by atoms with Crippen LogP contribution >= 0.6 is 0 Å². The molecule has 2 aromatic carbocycles. The van der Waals surface area contributed by atoms with Crippen LogP contribution in [0.15, 0.2) is 46.9 Å². The van der Waals surface area contributed by atoms with E-state index in [4.69, 9.17) is 4.42 Å². The van der Waals surface area contributed by atoms with E-state index in [0.29, 0.717) is 29.1 Å². The maximum atomic E-state index is 12.0. The molecule has 0 spiro atoms. The highest BCUT2D eigenvalue weighted by Gasteiger charge is 2.11. The number of carbonyl (C=O) groups excluding carboxylic acids is 1. The zero-order chi connectivity index (χ0) is 15.5. The van der Waals surface area contributed by atoms with Gasteiger partial charge in [-0.1, -0.05) is 24.6 Å². The molecule has 0 aliphatic carbocycles. The van der Waals surface area contributed by atoms with Gasteiger partial charge >= 0.3 is 0 Å². The summed E-state index contributed by atoms with van der Waals surface area (Å²) in [5.74, 6) is 0.491. The summed E-state index contributed by atoms with van der Waals surface area (Å²) in [7, 11) is 0. The van der Waals surface area contributed by atoms with Crippen LogP contribution in [0.1, 0.15) is 29.3 Å². The number of nitrogens with one attached hydrogen (secondary N) is 1. The van der Waals surface area contributed by atoms with Gasteiger partial charge in [0.1, 0.15) is 5.52 Å². The van der Waals surface area contributed by atoms with E-state index in [1.165, 1.54) is 5.56 Å². The Morgan fingerprint density at radius 3 is 2.68 bits per heavy atom. The largest absolute Gasteiger partial charge is 0.436 e. The van der Waals surface area contributed by atoms with Crippen molar-refractivity contribution in [2.75, 3.05) is 6.54 Å².